The van der Waals surface area contributed by atoms with Gasteiger partial charge in [-0.05, 0) is 74.2 Å². The number of carbonyl (C=O) groups excluding carboxylic acids is 1. The summed E-state index contributed by atoms with van der Waals surface area (Å²) < 4.78 is 8.66. The second kappa shape index (κ2) is 11.3. The van der Waals surface area contributed by atoms with Gasteiger partial charge in [-0.15, -0.1) is 0 Å². The van der Waals surface area contributed by atoms with Gasteiger partial charge in [-0.25, -0.2) is 0 Å². The molecule has 1 atom stereocenters. The summed E-state index contributed by atoms with van der Waals surface area (Å²) in [6.45, 7) is 10.2. The number of rotatable bonds is 7. The van der Waals surface area contributed by atoms with E-state index in [2.05, 4.69) is 83.5 Å². The summed E-state index contributed by atoms with van der Waals surface area (Å²) in [4.78, 5) is 29.2. The molecule has 0 aliphatic carbocycles. The second-order valence-electron chi connectivity index (χ2n) is 12.5. The molecule has 2 aromatic heterocycles. The summed E-state index contributed by atoms with van der Waals surface area (Å²) in [7, 11) is 2.06. The van der Waals surface area contributed by atoms with E-state index in [4.69, 9.17) is 14.7 Å². The molecule has 0 N–H and O–H groups in total. The van der Waals surface area contributed by atoms with Crippen LogP contribution in [0.4, 0.5) is 5.82 Å². The third kappa shape index (κ3) is 4.69. The molecule has 226 valence electrons. The lowest BCUT2D eigenvalue weighted by Crippen LogP contribution is -2.55. The Balaban J connectivity index is 1.33. The first kappa shape index (κ1) is 28.4. The molecule has 0 bridgehead atoms. The van der Waals surface area contributed by atoms with E-state index in [0.29, 0.717) is 32.3 Å². The summed E-state index contributed by atoms with van der Waals surface area (Å²) in [5.74, 6) is 0.636. The number of nitrogens with zero attached hydrogens (tertiary/aromatic N) is 7. The van der Waals surface area contributed by atoms with Gasteiger partial charge < -0.3 is 19.1 Å². The van der Waals surface area contributed by atoms with Crippen molar-refractivity contribution in [2.45, 2.75) is 50.6 Å². The second-order valence-corrected chi connectivity index (χ2v) is 12.5. The molecule has 0 unspecified atom stereocenters. The number of hydrogen-bond donors (Lipinski definition) is 0. The molecule has 0 saturated carbocycles. The fourth-order valence-electron chi connectivity index (χ4n) is 7.86. The van der Waals surface area contributed by atoms with Crippen LogP contribution >= 0.6 is 0 Å². The van der Waals surface area contributed by atoms with Gasteiger partial charge in [0.15, 0.2) is 0 Å². The van der Waals surface area contributed by atoms with Crippen LogP contribution in [0.3, 0.4) is 0 Å². The first-order valence-electron chi connectivity index (χ1n) is 15.7. The number of nitriles is 1. The molecule has 3 fully saturated rings. The Hall–Kier alpha value is -4.42. The zero-order valence-electron chi connectivity index (χ0n) is 25.6. The molecule has 5 heterocycles. The lowest BCUT2D eigenvalue weighted by molar-refractivity contribution is -0.128. The minimum Gasteiger partial charge on any atom is -0.461 e. The molecule has 9 heteroatoms. The number of aryl methyl sites for hydroxylation is 2. The highest BCUT2D eigenvalue weighted by atomic mass is 16.5. The summed E-state index contributed by atoms with van der Waals surface area (Å²) in [6, 6.07) is 17.4. The average molecular weight is 590 g/mol. The van der Waals surface area contributed by atoms with Crippen molar-refractivity contribution < 1.29 is 9.53 Å². The third-order valence-electron chi connectivity index (χ3n) is 10.1. The van der Waals surface area contributed by atoms with E-state index in [9.17, 15) is 10.1 Å². The van der Waals surface area contributed by atoms with Crippen LogP contribution < -0.4 is 9.64 Å². The number of fused-ring (bicyclic) bond motifs is 3. The van der Waals surface area contributed by atoms with Crippen LogP contribution in [0.5, 0.6) is 6.01 Å². The molecular formula is C35H39N7O2. The predicted octanol–water partition coefficient (Wildman–Crippen LogP) is 5.22. The fraction of sp³-hybridized carbons (Fsp3) is 0.429. The molecule has 3 aliphatic rings. The monoisotopic (exact) mass is 589 g/mol. The van der Waals surface area contributed by atoms with Crippen molar-refractivity contribution in [1.82, 2.24) is 24.3 Å². The SMILES string of the molecule is C=CC(=O)N1CCN(c2nc(OCC34CCCN3CCC4)nc3c2cc(-c2cccc4cccc(C)c24)n3C)C[C@@H]1CC#N. The highest BCUT2D eigenvalue weighted by Crippen LogP contribution is 2.40. The van der Waals surface area contributed by atoms with E-state index in [1.165, 1.54) is 35.3 Å². The molecular weight excluding hydrogens is 550 g/mol. The minimum atomic E-state index is -0.262. The predicted molar refractivity (Wildman–Crippen MR) is 173 cm³/mol. The van der Waals surface area contributed by atoms with Crippen LogP contribution in [-0.4, -0.2) is 81.2 Å². The number of aromatic nitrogens is 3. The lowest BCUT2D eigenvalue weighted by Gasteiger charge is -2.41. The van der Waals surface area contributed by atoms with Gasteiger partial charge in [0, 0.05) is 32.2 Å². The number of hydrogen-bond acceptors (Lipinski definition) is 7. The lowest BCUT2D eigenvalue weighted by atomic mass is 9.95. The molecule has 0 spiro atoms. The van der Waals surface area contributed by atoms with Gasteiger partial charge in [0.2, 0.25) is 5.91 Å². The van der Waals surface area contributed by atoms with Crippen molar-refractivity contribution in [3.05, 3.63) is 60.7 Å². The maximum atomic E-state index is 12.6. The van der Waals surface area contributed by atoms with Gasteiger partial charge in [0.25, 0.3) is 0 Å². The highest BCUT2D eigenvalue weighted by molar-refractivity contribution is 6.02. The van der Waals surface area contributed by atoms with E-state index in [1.807, 2.05) is 0 Å². The van der Waals surface area contributed by atoms with Crippen LogP contribution in [0.25, 0.3) is 33.1 Å². The maximum absolute atomic E-state index is 12.6. The minimum absolute atomic E-state index is 0.0763. The molecule has 9 nitrogen and oxygen atoms in total. The Bertz CT molecular complexity index is 1790. The van der Waals surface area contributed by atoms with Gasteiger partial charge in [-0.3, -0.25) is 9.69 Å². The molecule has 3 aliphatic heterocycles. The highest BCUT2D eigenvalue weighted by Gasteiger charge is 2.45. The quantitative estimate of drug-likeness (QED) is 0.273. The van der Waals surface area contributed by atoms with Crippen molar-refractivity contribution in [2.75, 3.05) is 44.2 Å². The smallest absolute Gasteiger partial charge is 0.320 e. The number of piperazine rings is 1. The molecule has 1 amide bonds. The van der Waals surface area contributed by atoms with E-state index >= 15 is 0 Å². The molecule has 4 aromatic rings. The van der Waals surface area contributed by atoms with Gasteiger partial charge in [-0.1, -0.05) is 43.0 Å². The first-order valence-corrected chi connectivity index (χ1v) is 15.7. The Morgan fingerprint density at radius 1 is 1.14 bits per heavy atom. The molecule has 0 radical (unpaired) electrons. The number of amides is 1. The zero-order valence-corrected chi connectivity index (χ0v) is 25.6. The van der Waals surface area contributed by atoms with Crippen molar-refractivity contribution in [2.24, 2.45) is 7.05 Å². The van der Waals surface area contributed by atoms with Crippen LogP contribution in [-0.2, 0) is 11.8 Å². The Morgan fingerprint density at radius 2 is 1.91 bits per heavy atom. The number of ether oxygens (including phenoxy) is 1. The van der Waals surface area contributed by atoms with Crippen LogP contribution in [0.1, 0.15) is 37.7 Å². The number of carbonyl (C=O) groups is 1. The fourth-order valence-corrected chi connectivity index (χ4v) is 7.86. The topological polar surface area (TPSA) is 90.5 Å². The largest absolute Gasteiger partial charge is 0.461 e. The van der Waals surface area contributed by atoms with Crippen molar-refractivity contribution in [3.63, 3.8) is 0 Å². The van der Waals surface area contributed by atoms with Gasteiger partial charge in [0.05, 0.1) is 35.2 Å². The summed E-state index contributed by atoms with van der Waals surface area (Å²) in [5.41, 5.74) is 4.30. The Morgan fingerprint density at radius 3 is 2.66 bits per heavy atom. The summed E-state index contributed by atoms with van der Waals surface area (Å²) >= 11 is 0. The standard InChI is InChI=1S/C35H39N7O2/c1-4-30(43)42-20-19-40(22-26(42)13-16-36)33-28-21-29(27-12-6-11-25-10-5-9-24(2)31(25)27)39(3)32(28)37-34(38-33)44-23-35-14-7-17-41(35)18-8-15-35/h4-6,9-12,21,26H,1,7-8,13-15,17-20,22-23H2,2-3H3/t26-/m0/s1. The van der Waals surface area contributed by atoms with E-state index in [1.54, 1.807) is 4.90 Å². The van der Waals surface area contributed by atoms with Crippen molar-refractivity contribution in [3.8, 4) is 23.3 Å². The number of anilines is 1. The van der Waals surface area contributed by atoms with E-state index in [0.717, 1.165) is 54.0 Å². The summed E-state index contributed by atoms with van der Waals surface area (Å²) in [5, 5.41) is 13.0. The number of benzene rings is 2. The summed E-state index contributed by atoms with van der Waals surface area (Å²) in [6.07, 6.45) is 6.26. The normalized spacial score (nSPS) is 19.8. The Kier molecular flexibility index (Phi) is 7.25. The Labute approximate surface area is 258 Å². The van der Waals surface area contributed by atoms with Crippen LogP contribution in [0.15, 0.2) is 55.1 Å². The first-order chi connectivity index (χ1) is 21.4. The van der Waals surface area contributed by atoms with Crippen molar-refractivity contribution in [1.29, 1.82) is 5.26 Å². The van der Waals surface area contributed by atoms with Gasteiger partial charge in [0.1, 0.15) is 18.1 Å². The van der Waals surface area contributed by atoms with Crippen LogP contribution in [0, 0.1) is 18.3 Å². The molecule has 44 heavy (non-hydrogen) atoms. The third-order valence-corrected chi connectivity index (χ3v) is 10.1. The van der Waals surface area contributed by atoms with E-state index < -0.39 is 0 Å². The van der Waals surface area contributed by atoms with E-state index in [-0.39, 0.29) is 23.9 Å². The maximum Gasteiger partial charge on any atom is 0.320 e. The molecule has 7 rings (SSSR count). The van der Waals surface area contributed by atoms with Crippen molar-refractivity contribution >= 4 is 33.5 Å². The van der Waals surface area contributed by atoms with Gasteiger partial charge in [-0.2, -0.15) is 15.2 Å². The molecule has 2 aromatic carbocycles. The van der Waals surface area contributed by atoms with Gasteiger partial charge >= 0.3 is 6.01 Å². The van der Waals surface area contributed by atoms with Crippen LogP contribution in [0.2, 0.25) is 0 Å². The molecule has 3 saturated heterocycles. The zero-order chi connectivity index (χ0) is 30.4. The average Bonchev–Trinajstić information content (AvgIpc) is 3.72.